The van der Waals surface area contributed by atoms with E-state index in [4.69, 9.17) is 4.74 Å². The summed E-state index contributed by atoms with van der Waals surface area (Å²) in [5.74, 6) is 0.611. The zero-order valence-corrected chi connectivity index (χ0v) is 7.21. The first-order valence-electron chi connectivity index (χ1n) is 4.17. The highest BCUT2D eigenvalue weighted by molar-refractivity contribution is 5.36. The minimum absolute atomic E-state index is 0.0913. The molecule has 0 saturated carbocycles. The van der Waals surface area contributed by atoms with Crippen molar-refractivity contribution in [2.75, 3.05) is 6.61 Å². The molecule has 12 heavy (non-hydrogen) atoms. The summed E-state index contributed by atoms with van der Waals surface area (Å²) in [6.07, 6.45) is 2.10. The molecule has 1 rings (SSSR count). The van der Waals surface area contributed by atoms with Crippen molar-refractivity contribution in [1.29, 1.82) is 0 Å². The average Bonchev–Trinajstić information content (AvgIpc) is 2.09. The monoisotopic (exact) mass is 165 g/mol. The van der Waals surface area contributed by atoms with Crippen LogP contribution in [-0.4, -0.2) is 11.7 Å². The molecule has 2 heteroatoms. The Bertz CT molecular complexity index is 233. The van der Waals surface area contributed by atoms with Gasteiger partial charge in [0.05, 0.1) is 6.61 Å². The van der Waals surface area contributed by atoms with E-state index in [9.17, 15) is 5.11 Å². The van der Waals surface area contributed by atoms with Crippen molar-refractivity contribution in [2.24, 2.45) is 0 Å². The Morgan fingerprint density at radius 2 is 2.42 bits per heavy atom. The van der Waals surface area contributed by atoms with Gasteiger partial charge in [-0.1, -0.05) is 25.5 Å². The summed E-state index contributed by atoms with van der Waals surface area (Å²) < 4.78 is 5.30. The van der Waals surface area contributed by atoms with Crippen LogP contribution in [-0.2, 0) is 0 Å². The van der Waals surface area contributed by atoms with E-state index in [-0.39, 0.29) is 5.75 Å². The van der Waals surface area contributed by atoms with Gasteiger partial charge >= 0.3 is 0 Å². The van der Waals surface area contributed by atoms with Crippen LogP contribution in [0.2, 0.25) is 0 Å². The van der Waals surface area contributed by atoms with E-state index in [1.165, 1.54) is 0 Å². The molecule has 0 amide bonds. The van der Waals surface area contributed by atoms with E-state index < -0.39 is 0 Å². The lowest BCUT2D eigenvalue weighted by Gasteiger charge is -2.05. The van der Waals surface area contributed by atoms with Crippen molar-refractivity contribution < 1.29 is 9.84 Å². The Morgan fingerprint density at radius 3 is 3.08 bits per heavy atom. The Morgan fingerprint density at radius 1 is 1.58 bits per heavy atom. The first-order valence-corrected chi connectivity index (χ1v) is 4.17. The van der Waals surface area contributed by atoms with Crippen LogP contribution in [0.15, 0.2) is 18.2 Å². The van der Waals surface area contributed by atoms with Crippen LogP contribution < -0.4 is 4.74 Å². The van der Waals surface area contributed by atoms with Crippen LogP contribution in [0, 0.1) is 6.07 Å². The first-order chi connectivity index (χ1) is 5.84. The number of hydrogen-bond acceptors (Lipinski definition) is 2. The number of para-hydroxylation sites is 1. The number of benzene rings is 1. The molecule has 0 spiro atoms. The Balaban J connectivity index is 2.46. The standard InChI is InChI=1S/C10H13O2/c1-2-3-8-12-10-7-5-4-6-9(10)11/h4-5,7,11H,2-3,8H2,1H3. The Hall–Kier alpha value is -1.18. The van der Waals surface area contributed by atoms with Gasteiger partial charge < -0.3 is 9.84 Å². The second kappa shape index (κ2) is 4.65. The topological polar surface area (TPSA) is 29.5 Å². The number of phenolic OH excluding ortho intramolecular Hbond substituents is 1. The fourth-order valence-electron chi connectivity index (χ4n) is 0.856. The normalized spacial score (nSPS) is 9.75. The van der Waals surface area contributed by atoms with Crippen LogP contribution in [0.5, 0.6) is 11.5 Å². The van der Waals surface area contributed by atoms with E-state index in [1.54, 1.807) is 18.2 Å². The molecule has 0 aliphatic carbocycles. The van der Waals surface area contributed by atoms with Gasteiger partial charge in [0.2, 0.25) is 0 Å². The molecule has 0 unspecified atom stereocenters. The molecule has 1 aromatic carbocycles. The highest BCUT2D eigenvalue weighted by Gasteiger charge is 1.98. The molecule has 1 N–H and O–H groups in total. The van der Waals surface area contributed by atoms with Gasteiger partial charge in [0.15, 0.2) is 11.5 Å². The SMILES string of the molecule is CCCCOc1ccc[c]c1O. The maximum absolute atomic E-state index is 9.23. The summed E-state index contributed by atoms with van der Waals surface area (Å²) in [7, 11) is 0. The summed E-state index contributed by atoms with van der Waals surface area (Å²) >= 11 is 0. The third-order valence-electron chi connectivity index (χ3n) is 1.55. The van der Waals surface area contributed by atoms with Crippen LogP contribution in [0.25, 0.3) is 0 Å². The van der Waals surface area contributed by atoms with E-state index in [0.29, 0.717) is 12.4 Å². The average molecular weight is 165 g/mol. The molecule has 0 fully saturated rings. The quantitative estimate of drug-likeness (QED) is 0.694. The predicted octanol–water partition coefficient (Wildman–Crippen LogP) is 2.37. The lowest BCUT2D eigenvalue weighted by atomic mass is 10.3. The van der Waals surface area contributed by atoms with Crippen molar-refractivity contribution in [2.45, 2.75) is 19.8 Å². The molecule has 1 radical (unpaired) electrons. The maximum Gasteiger partial charge on any atom is 0.165 e. The Labute approximate surface area is 72.8 Å². The van der Waals surface area contributed by atoms with E-state index in [2.05, 4.69) is 13.0 Å². The zero-order chi connectivity index (χ0) is 8.81. The number of rotatable bonds is 4. The maximum atomic E-state index is 9.23. The number of unbranched alkanes of at least 4 members (excludes halogenated alkanes) is 1. The molecular formula is C10H13O2. The third-order valence-corrected chi connectivity index (χ3v) is 1.55. The summed E-state index contributed by atoms with van der Waals surface area (Å²) in [5.41, 5.74) is 0. The fourth-order valence-corrected chi connectivity index (χ4v) is 0.856. The summed E-state index contributed by atoms with van der Waals surface area (Å²) in [4.78, 5) is 0. The number of phenols is 1. The predicted molar refractivity (Wildman–Crippen MR) is 47.3 cm³/mol. The zero-order valence-electron chi connectivity index (χ0n) is 7.21. The van der Waals surface area contributed by atoms with E-state index >= 15 is 0 Å². The largest absolute Gasteiger partial charge is 0.504 e. The highest BCUT2D eigenvalue weighted by Crippen LogP contribution is 2.23. The minimum atomic E-state index is 0.0913. The van der Waals surface area contributed by atoms with E-state index in [0.717, 1.165) is 12.8 Å². The van der Waals surface area contributed by atoms with Gasteiger partial charge in [0.1, 0.15) is 0 Å². The summed E-state index contributed by atoms with van der Waals surface area (Å²) in [6.45, 7) is 2.75. The van der Waals surface area contributed by atoms with E-state index in [1.807, 2.05) is 0 Å². The van der Waals surface area contributed by atoms with Gasteiger partial charge in [-0.05, 0) is 12.5 Å². The number of hydrogen-bond donors (Lipinski definition) is 1. The van der Waals surface area contributed by atoms with Crippen molar-refractivity contribution in [1.82, 2.24) is 0 Å². The Kier molecular flexibility index (Phi) is 3.45. The molecule has 0 aliphatic heterocycles. The lowest BCUT2D eigenvalue weighted by molar-refractivity contribution is 0.292. The molecule has 65 valence electrons. The lowest BCUT2D eigenvalue weighted by Crippen LogP contribution is -1.96. The highest BCUT2D eigenvalue weighted by atomic mass is 16.5. The molecule has 0 bridgehead atoms. The van der Waals surface area contributed by atoms with Gasteiger partial charge in [-0.2, -0.15) is 0 Å². The molecule has 0 aromatic heterocycles. The molecule has 0 atom stereocenters. The molecule has 2 nitrogen and oxygen atoms in total. The van der Waals surface area contributed by atoms with Crippen molar-refractivity contribution in [3.8, 4) is 11.5 Å². The third kappa shape index (κ3) is 2.46. The van der Waals surface area contributed by atoms with Crippen LogP contribution in [0.3, 0.4) is 0 Å². The molecule has 0 saturated heterocycles. The number of aromatic hydroxyl groups is 1. The van der Waals surface area contributed by atoms with Gasteiger partial charge in [-0.3, -0.25) is 0 Å². The van der Waals surface area contributed by atoms with Gasteiger partial charge in [0, 0.05) is 6.07 Å². The second-order valence-corrected chi connectivity index (χ2v) is 2.58. The van der Waals surface area contributed by atoms with Crippen molar-refractivity contribution >= 4 is 0 Å². The van der Waals surface area contributed by atoms with Crippen LogP contribution in [0.4, 0.5) is 0 Å². The summed E-state index contributed by atoms with van der Waals surface area (Å²) in [6, 6.07) is 7.84. The second-order valence-electron chi connectivity index (χ2n) is 2.58. The first kappa shape index (κ1) is 8.91. The smallest absolute Gasteiger partial charge is 0.165 e. The van der Waals surface area contributed by atoms with Gasteiger partial charge in [-0.15, -0.1) is 0 Å². The summed E-state index contributed by atoms with van der Waals surface area (Å²) in [5, 5.41) is 9.23. The fraction of sp³-hybridized carbons (Fsp3) is 0.400. The van der Waals surface area contributed by atoms with Crippen LogP contribution >= 0.6 is 0 Å². The van der Waals surface area contributed by atoms with Crippen molar-refractivity contribution in [3.05, 3.63) is 24.3 Å². The number of ether oxygens (including phenoxy) is 1. The molecule has 0 heterocycles. The van der Waals surface area contributed by atoms with Gasteiger partial charge in [-0.25, -0.2) is 0 Å². The van der Waals surface area contributed by atoms with Crippen molar-refractivity contribution in [3.63, 3.8) is 0 Å². The van der Waals surface area contributed by atoms with Gasteiger partial charge in [0.25, 0.3) is 0 Å². The molecule has 0 aliphatic rings. The van der Waals surface area contributed by atoms with Crippen LogP contribution in [0.1, 0.15) is 19.8 Å². The minimum Gasteiger partial charge on any atom is -0.504 e. The molecule has 1 aromatic rings. The molecular weight excluding hydrogens is 152 g/mol.